The summed E-state index contributed by atoms with van der Waals surface area (Å²) >= 11 is 1.84. The molecule has 226 valence electrons. The van der Waals surface area contributed by atoms with Gasteiger partial charge in [0.25, 0.3) is 0 Å². The highest BCUT2D eigenvalue weighted by Crippen LogP contribution is 2.41. The summed E-state index contributed by atoms with van der Waals surface area (Å²) in [5.41, 5.74) is 9.26. The average molecular weight is 635 g/mol. The van der Waals surface area contributed by atoms with Crippen molar-refractivity contribution in [1.29, 1.82) is 0 Å². The average Bonchev–Trinajstić information content (AvgIpc) is 3.73. The lowest BCUT2D eigenvalue weighted by Crippen LogP contribution is -2.01. The molecule has 5 nitrogen and oxygen atoms in total. The fourth-order valence-electron chi connectivity index (χ4n) is 6.97. The van der Waals surface area contributed by atoms with Crippen LogP contribution in [-0.2, 0) is 6.42 Å². The summed E-state index contributed by atoms with van der Waals surface area (Å²) < 4.78 is 7.54. The molecule has 48 heavy (non-hydrogen) atoms. The largest absolute Gasteiger partial charge is 0.455 e. The van der Waals surface area contributed by atoms with Gasteiger partial charge in [-0.15, -0.1) is 11.3 Å². The van der Waals surface area contributed by atoms with E-state index in [4.69, 9.17) is 24.4 Å². The molecule has 0 fully saturated rings. The van der Waals surface area contributed by atoms with Gasteiger partial charge in [-0.25, -0.2) is 19.9 Å². The number of allylic oxidation sites excluding steroid dienone is 1. The van der Waals surface area contributed by atoms with E-state index in [0.717, 1.165) is 84.8 Å². The molecule has 10 rings (SSSR count). The molecule has 0 atom stereocenters. The quantitative estimate of drug-likeness (QED) is 0.193. The van der Waals surface area contributed by atoms with Gasteiger partial charge < -0.3 is 4.42 Å². The maximum absolute atomic E-state index is 6.21. The summed E-state index contributed by atoms with van der Waals surface area (Å²) in [4.78, 5) is 20.5. The first-order valence-corrected chi connectivity index (χ1v) is 16.9. The molecule has 0 spiro atoms. The highest BCUT2D eigenvalue weighted by Gasteiger charge is 2.21. The zero-order valence-electron chi connectivity index (χ0n) is 25.7. The monoisotopic (exact) mass is 634 g/mol. The molecule has 0 amide bonds. The lowest BCUT2D eigenvalue weighted by Gasteiger charge is -2.13. The molecular weight excluding hydrogens is 609 g/mol. The summed E-state index contributed by atoms with van der Waals surface area (Å²) in [6.45, 7) is 0. The number of hydrogen-bond donors (Lipinski definition) is 0. The number of aromatic nitrogens is 4. The van der Waals surface area contributed by atoms with Crippen molar-refractivity contribution >= 4 is 59.7 Å². The van der Waals surface area contributed by atoms with Crippen LogP contribution in [0, 0.1) is 0 Å². The van der Waals surface area contributed by atoms with Crippen LogP contribution in [0.5, 0.6) is 0 Å². The number of fused-ring (bicyclic) bond motifs is 7. The SMILES string of the molecule is C1=C(c2ncc(-c3ccc4cc(-c5cnc(-c6cccc7c6oc6ccccc67)nc5)ccc4c3)cn2)c2sc3ccccc3c2CC1. The van der Waals surface area contributed by atoms with Gasteiger partial charge in [0.2, 0.25) is 0 Å². The van der Waals surface area contributed by atoms with Crippen LogP contribution in [0.25, 0.3) is 82.0 Å². The summed E-state index contributed by atoms with van der Waals surface area (Å²) in [7, 11) is 0. The Bertz CT molecular complexity index is 2720. The molecule has 5 aromatic carbocycles. The van der Waals surface area contributed by atoms with Crippen LogP contribution in [-0.4, -0.2) is 19.9 Å². The van der Waals surface area contributed by atoms with Crippen molar-refractivity contribution in [3.8, 4) is 33.6 Å². The van der Waals surface area contributed by atoms with E-state index in [9.17, 15) is 0 Å². The van der Waals surface area contributed by atoms with Crippen molar-refractivity contribution in [2.45, 2.75) is 12.8 Å². The molecule has 0 unspecified atom stereocenters. The standard InChI is InChI=1S/C42H26N4OS/c1-3-13-37-31(7-1)33-9-5-11-35(39(33)47-37)41-43-21-29(22-44-41)27-17-15-26-20-28(18-16-25(26)19-27)30-23-45-42(46-24-30)36-12-6-10-34-32-8-2-4-14-38(32)48-40(34)36/h1-5,7-9,11-24H,6,10H2. The van der Waals surface area contributed by atoms with Crippen molar-refractivity contribution in [2.24, 2.45) is 0 Å². The lowest BCUT2D eigenvalue weighted by atomic mass is 9.95. The predicted octanol–water partition coefficient (Wildman–Crippen LogP) is 10.9. The van der Waals surface area contributed by atoms with Crippen molar-refractivity contribution < 1.29 is 4.42 Å². The van der Waals surface area contributed by atoms with Crippen LogP contribution < -0.4 is 0 Å². The summed E-state index contributed by atoms with van der Waals surface area (Å²) in [6, 6.07) is 35.9. The fourth-order valence-corrected chi connectivity index (χ4v) is 8.26. The number of furan rings is 1. The summed E-state index contributed by atoms with van der Waals surface area (Å²) in [5, 5.41) is 5.83. The van der Waals surface area contributed by atoms with Gasteiger partial charge in [0, 0.05) is 61.8 Å². The van der Waals surface area contributed by atoms with Crippen LogP contribution >= 0.6 is 11.3 Å². The maximum Gasteiger partial charge on any atom is 0.162 e. The number of nitrogens with zero attached hydrogens (tertiary/aromatic N) is 4. The van der Waals surface area contributed by atoms with Gasteiger partial charge in [0.1, 0.15) is 11.2 Å². The number of rotatable bonds is 4. The van der Waals surface area contributed by atoms with E-state index in [-0.39, 0.29) is 0 Å². The molecule has 1 aliphatic carbocycles. The molecule has 0 saturated heterocycles. The second kappa shape index (κ2) is 10.8. The van der Waals surface area contributed by atoms with E-state index in [0.29, 0.717) is 5.82 Å². The smallest absolute Gasteiger partial charge is 0.162 e. The molecule has 4 aromatic heterocycles. The van der Waals surface area contributed by atoms with Gasteiger partial charge >= 0.3 is 0 Å². The minimum absolute atomic E-state index is 0.645. The number of benzene rings is 5. The minimum atomic E-state index is 0.645. The molecule has 0 bridgehead atoms. The lowest BCUT2D eigenvalue weighted by molar-refractivity contribution is 0.669. The summed E-state index contributed by atoms with van der Waals surface area (Å²) in [5.74, 6) is 1.44. The number of thiophene rings is 1. The molecule has 4 heterocycles. The topological polar surface area (TPSA) is 64.7 Å². The maximum atomic E-state index is 6.21. The molecule has 1 aliphatic rings. The van der Waals surface area contributed by atoms with E-state index < -0.39 is 0 Å². The van der Waals surface area contributed by atoms with E-state index in [1.165, 1.54) is 20.5 Å². The molecular formula is C42H26N4OS. The summed E-state index contributed by atoms with van der Waals surface area (Å²) in [6.07, 6.45) is 12.0. The third-order valence-electron chi connectivity index (χ3n) is 9.38. The molecule has 9 aromatic rings. The van der Waals surface area contributed by atoms with Crippen LogP contribution in [0.2, 0.25) is 0 Å². The second-order valence-corrected chi connectivity index (χ2v) is 13.3. The van der Waals surface area contributed by atoms with Gasteiger partial charge in [-0.2, -0.15) is 0 Å². The van der Waals surface area contributed by atoms with Crippen LogP contribution in [0.1, 0.15) is 22.7 Å². The van der Waals surface area contributed by atoms with Crippen LogP contribution in [0.3, 0.4) is 0 Å². The van der Waals surface area contributed by atoms with Crippen LogP contribution in [0.4, 0.5) is 0 Å². The Kier molecular flexibility index (Phi) is 6.11. The van der Waals surface area contributed by atoms with Gasteiger partial charge in [-0.05, 0) is 76.0 Å². The van der Waals surface area contributed by atoms with Crippen molar-refractivity contribution in [3.05, 3.63) is 150 Å². The van der Waals surface area contributed by atoms with Gasteiger partial charge in [0.05, 0.1) is 5.56 Å². The predicted molar refractivity (Wildman–Crippen MR) is 196 cm³/mol. The Balaban J connectivity index is 0.920. The molecule has 0 N–H and O–H groups in total. The first-order valence-electron chi connectivity index (χ1n) is 16.1. The number of aryl methyl sites for hydroxylation is 1. The molecule has 0 saturated carbocycles. The third-order valence-corrected chi connectivity index (χ3v) is 10.6. The fraction of sp³-hybridized carbons (Fsp3) is 0.0476. The minimum Gasteiger partial charge on any atom is -0.455 e. The van der Waals surface area contributed by atoms with E-state index in [1.54, 1.807) is 0 Å². The first kappa shape index (κ1) is 27.2. The van der Waals surface area contributed by atoms with Crippen molar-refractivity contribution in [1.82, 2.24) is 19.9 Å². The van der Waals surface area contributed by atoms with Crippen molar-refractivity contribution in [2.75, 3.05) is 0 Å². The highest BCUT2D eigenvalue weighted by atomic mass is 32.1. The Morgan fingerprint density at radius 3 is 1.96 bits per heavy atom. The Morgan fingerprint density at radius 2 is 1.21 bits per heavy atom. The Hall–Kier alpha value is -5.98. The highest BCUT2D eigenvalue weighted by molar-refractivity contribution is 7.20. The van der Waals surface area contributed by atoms with Gasteiger partial charge in [-0.1, -0.05) is 78.9 Å². The second-order valence-electron chi connectivity index (χ2n) is 12.2. The van der Waals surface area contributed by atoms with Crippen molar-refractivity contribution in [3.63, 3.8) is 0 Å². The van der Waals surface area contributed by atoms with Gasteiger partial charge in [0.15, 0.2) is 11.6 Å². The first-order chi connectivity index (χ1) is 23.8. The van der Waals surface area contributed by atoms with E-state index >= 15 is 0 Å². The van der Waals surface area contributed by atoms with E-state index in [2.05, 4.69) is 78.9 Å². The number of hydrogen-bond acceptors (Lipinski definition) is 6. The van der Waals surface area contributed by atoms with E-state index in [1.807, 2.05) is 66.5 Å². The zero-order chi connectivity index (χ0) is 31.6. The third kappa shape index (κ3) is 4.37. The Labute approximate surface area is 279 Å². The zero-order valence-corrected chi connectivity index (χ0v) is 26.5. The Morgan fingerprint density at radius 1 is 0.562 bits per heavy atom. The van der Waals surface area contributed by atoms with Gasteiger partial charge in [-0.3, -0.25) is 0 Å². The normalized spacial score (nSPS) is 13.0. The molecule has 0 aliphatic heterocycles. The molecule has 6 heteroatoms. The number of para-hydroxylation sites is 2. The molecule has 0 radical (unpaired) electrons. The van der Waals surface area contributed by atoms with Crippen LogP contribution in [0.15, 0.2) is 138 Å².